The van der Waals surface area contributed by atoms with Crippen molar-refractivity contribution in [3.05, 3.63) is 47.3 Å². The van der Waals surface area contributed by atoms with Crippen molar-refractivity contribution in [3.63, 3.8) is 0 Å². The maximum atomic E-state index is 12.4. The Balaban J connectivity index is 2.26. The smallest absolute Gasteiger partial charge is 0.241 e. The fourth-order valence-corrected chi connectivity index (χ4v) is 3.24. The predicted molar refractivity (Wildman–Crippen MR) is 84.3 cm³/mol. The summed E-state index contributed by atoms with van der Waals surface area (Å²) in [4.78, 5) is 0.333. The van der Waals surface area contributed by atoms with Gasteiger partial charge in [-0.15, -0.1) is 0 Å². The van der Waals surface area contributed by atoms with Crippen LogP contribution in [0.1, 0.15) is 16.8 Å². The highest BCUT2D eigenvalue weighted by Crippen LogP contribution is 2.17. The average Bonchev–Trinajstić information content (AvgIpc) is 2.82. The molecule has 0 aliphatic carbocycles. The van der Waals surface area contributed by atoms with Gasteiger partial charge in [-0.1, -0.05) is 24.4 Å². The van der Waals surface area contributed by atoms with Crippen LogP contribution in [0.2, 0.25) is 0 Å². The number of thiocarbonyl (C=S) groups is 1. The van der Waals surface area contributed by atoms with Gasteiger partial charge in [-0.25, -0.2) is 13.1 Å². The molecular formula is C13H16N4O2S2. The topological polar surface area (TPSA) is 90.0 Å². The van der Waals surface area contributed by atoms with Gasteiger partial charge in [-0.3, -0.25) is 4.68 Å². The molecule has 0 saturated carbocycles. The molecule has 0 aliphatic rings. The molecule has 8 heteroatoms. The lowest BCUT2D eigenvalue weighted by molar-refractivity contribution is 0.579. The maximum absolute atomic E-state index is 12.4. The van der Waals surface area contributed by atoms with Crippen LogP contribution >= 0.6 is 12.2 Å². The summed E-state index contributed by atoms with van der Waals surface area (Å²) < 4.78 is 28.9. The lowest BCUT2D eigenvalue weighted by Crippen LogP contribution is -2.25. The molecule has 0 fully saturated rings. The van der Waals surface area contributed by atoms with Crippen molar-refractivity contribution in [2.24, 2.45) is 12.8 Å². The van der Waals surface area contributed by atoms with Crippen molar-refractivity contribution >= 4 is 27.2 Å². The molecule has 0 saturated heterocycles. The van der Waals surface area contributed by atoms with Crippen molar-refractivity contribution < 1.29 is 8.42 Å². The molecule has 6 nitrogen and oxygen atoms in total. The van der Waals surface area contributed by atoms with Crippen LogP contribution in [0.3, 0.4) is 0 Å². The van der Waals surface area contributed by atoms with Gasteiger partial charge < -0.3 is 5.73 Å². The molecule has 0 aliphatic heterocycles. The van der Waals surface area contributed by atoms with Crippen LogP contribution in [0.15, 0.2) is 35.4 Å². The monoisotopic (exact) mass is 324 g/mol. The number of aromatic nitrogens is 2. The first-order valence-corrected chi connectivity index (χ1v) is 8.07. The Labute approximate surface area is 129 Å². The highest BCUT2D eigenvalue weighted by molar-refractivity contribution is 7.89. The number of rotatable bonds is 5. The highest BCUT2D eigenvalue weighted by atomic mass is 32.2. The third kappa shape index (κ3) is 3.66. The molecule has 0 bridgehead atoms. The highest BCUT2D eigenvalue weighted by Gasteiger charge is 2.18. The Morgan fingerprint density at radius 1 is 1.43 bits per heavy atom. The number of hydrogen-bond donors (Lipinski definition) is 2. The van der Waals surface area contributed by atoms with Crippen LogP contribution in [-0.4, -0.2) is 23.2 Å². The summed E-state index contributed by atoms with van der Waals surface area (Å²) in [5.41, 5.74) is 7.34. The molecule has 1 heterocycles. The molecule has 0 spiro atoms. The first-order chi connectivity index (χ1) is 9.79. The van der Waals surface area contributed by atoms with Gasteiger partial charge in [0.15, 0.2) is 0 Å². The average molecular weight is 324 g/mol. The summed E-state index contributed by atoms with van der Waals surface area (Å²) in [7, 11) is -1.88. The van der Waals surface area contributed by atoms with Crippen molar-refractivity contribution in [1.29, 1.82) is 0 Å². The Hall–Kier alpha value is -1.77. The van der Waals surface area contributed by atoms with E-state index < -0.39 is 10.0 Å². The largest absolute Gasteiger partial charge is 0.389 e. The zero-order valence-corrected chi connectivity index (χ0v) is 13.3. The number of benzene rings is 1. The molecule has 0 atom stereocenters. The molecule has 21 heavy (non-hydrogen) atoms. The van der Waals surface area contributed by atoms with Crippen molar-refractivity contribution in [2.45, 2.75) is 18.4 Å². The van der Waals surface area contributed by atoms with E-state index in [1.807, 2.05) is 0 Å². The second kappa shape index (κ2) is 5.92. The second-order valence-electron chi connectivity index (χ2n) is 4.65. The minimum atomic E-state index is -3.65. The molecule has 1 aromatic carbocycles. The number of nitrogens with zero attached hydrogens (tertiary/aromatic N) is 2. The van der Waals surface area contributed by atoms with Crippen LogP contribution in [0.4, 0.5) is 0 Å². The number of nitrogens with one attached hydrogen (secondary N) is 1. The molecule has 112 valence electrons. The van der Waals surface area contributed by atoms with Crippen molar-refractivity contribution in [2.75, 3.05) is 0 Å². The van der Waals surface area contributed by atoms with Crippen LogP contribution < -0.4 is 10.5 Å². The summed E-state index contributed by atoms with van der Waals surface area (Å²) in [6, 6.07) is 6.62. The molecule has 2 aromatic rings. The number of sulfonamides is 1. The van der Waals surface area contributed by atoms with Gasteiger partial charge in [0.25, 0.3) is 0 Å². The first kappa shape index (κ1) is 15.6. The van der Waals surface area contributed by atoms with Crippen LogP contribution in [0.25, 0.3) is 0 Å². The molecular weight excluding hydrogens is 308 g/mol. The Bertz CT molecular complexity index is 781. The zero-order chi connectivity index (χ0) is 15.6. The van der Waals surface area contributed by atoms with Gasteiger partial charge >= 0.3 is 0 Å². The standard InChI is InChI=1S/C13H16N4O2S2/c1-9-3-4-10(13(14)20)7-12(9)21(18,19)15-8-11-5-6-17(2)16-11/h3-7,15H,8H2,1-2H3,(H2,14,20). The quantitative estimate of drug-likeness (QED) is 0.796. The van der Waals surface area contributed by atoms with Gasteiger partial charge in [0.1, 0.15) is 4.99 Å². The summed E-state index contributed by atoms with van der Waals surface area (Å²) in [6.45, 7) is 1.85. The van der Waals surface area contributed by atoms with Gasteiger partial charge in [-0.05, 0) is 24.6 Å². The van der Waals surface area contributed by atoms with E-state index in [1.165, 1.54) is 6.07 Å². The van der Waals surface area contributed by atoms with E-state index in [0.717, 1.165) is 0 Å². The van der Waals surface area contributed by atoms with Crippen molar-refractivity contribution in [3.8, 4) is 0 Å². The molecule has 0 unspecified atom stereocenters. The van der Waals surface area contributed by atoms with E-state index >= 15 is 0 Å². The minimum absolute atomic E-state index is 0.125. The first-order valence-electron chi connectivity index (χ1n) is 6.18. The van der Waals surface area contributed by atoms with Crippen molar-refractivity contribution in [1.82, 2.24) is 14.5 Å². The summed E-state index contributed by atoms with van der Waals surface area (Å²) in [5, 5.41) is 4.12. The lowest BCUT2D eigenvalue weighted by atomic mass is 10.1. The van der Waals surface area contributed by atoms with Gasteiger partial charge in [0, 0.05) is 18.8 Å². The fraction of sp³-hybridized carbons (Fsp3) is 0.231. The van der Waals surface area contributed by atoms with E-state index in [0.29, 0.717) is 16.8 Å². The van der Waals surface area contributed by atoms with Crippen LogP contribution in [0, 0.1) is 6.92 Å². The van der Waals surface area contributed by atoms with E-state index in [2.05, 4.69) is 9.82 Å². The Morgan fingerprint density at radius 2 is 2.14 bits per heavy atom. The van der Waals surface area contributed by atoms with E-state index in [9.17, 15) is 8.42 Å². The minimum Gasteiger partial charge on any atom is -0.389 e. The van der Waals surface area contributed by atoms with Gasteiger partial charge in [0.2, 0.25) is 10.0 Å². The van der Waals surface area contributed by atoms with Crippen LogP contribution in [0.5, 0.6) is 0 Å². The lowest BCUT2D eigenvalue weighted by Gasteiger charge is -2.10. The normalized spacial score (nSPS) is 11.5. The third-order valence-electron chi connectivity index (χ3n) is 2.97. The Kier molecular flexibility index (Phi) is 4.40. The predicted octanol–water partition coefficient (Wildman–Crippen LogP) is 0.841. The third-order valence-corrected chi connectivity index (χ3v) is 4.75. The van der Waals surface area contributed by atoms with Gasteiger partial charge in [0.05, 0.1) is 17.1 Å². The number of hydrogen-bond acceptors (Lipinski definition) is 4. The zero-order valence-electron chi connectivity index (χ0n) is 11.7. The SMILES string of the molecule is Cc1ccc(C(N)=S)cc1S(=O)(=O)NCc1ccn(C)n1. The molecule has 1 aromatic heterocycles. The van der Waals surface area contributed by atoms with E-state index in [-0.39, 0.29) is 16.4 Å². The van der Waals surface area contributed by atoms with E-state index in [1.54, 1.807) is 43.0 Å². The second-order valence-corrected chi connectivity index (χ2v) is 6.83. The van der Waals surface area contributed by atoms with Crippen LogP contribution in [-0.2, 0) is 23.6 Å². The van der Waals surface area contributed by atoms with Gasteiger partial charge in [-0.2, -0.15) is 5.10 Å². The summed E-state index contributed by atoms with van der Waals surface area (Å²) in [6.07, 6.45) is 1.75. The molecule has 0 radical (unpaired) electrons. The number of nitrogens with two attached hydrogens (primary N) is 1. The van der Waals surface area contributed by atoms with E-state index in [4.69, 9.17) is 18.0 Å². The molecule has 0 amide bonds. The number of aryl methyl sites for hydroxylation is 2. The summed E-state index contributed by atoms with van der Waals surface area (Å²) >= 11 is 4.88. The maximum Gasteiger partial charge on any atom is 0.241 e. The summed E-state index contributed by atoms with van der Waals surface area (Å²) in [5.74, 6) is 0. The molecule has 2 rings (SSSR count). The molecule has 3 N–H and O–H groups in total. The fourth-order valence-electron chi connectivity index (χ4n) is 1.85. The Morgan fingerprint density at radius 3 is 2.71 bits per heavy atom.